The molecule has 1 heterocycles. The van der Waals surface area contributed by atoms with Gasteiger partial charge >= 0.3 is 0 Å². The van der Waals surface area contributed by atoms with E-state index < -0.39 is 0 Å². The first-order valence-corrected chi connectivity index (χ1v) is 8.89. The maximum absolute atomic E-state index is 12.4. The molecule has 1 aliphatic heterocycles. The molecule has 2 rings (SSSR count). The Bertz CT molecular complexity index is 348. The summed E-state index contributed by atoms with van der Waals surface area (Å²) in [5.41, 5.74) is 0.334. The van der Waals surface area contributed by atoms with E-state index in [0.717, 1.165) is 13.1 Å². The topological polar surface area (TPSA) is 32.3 Å². The Morgan fingerprint density at radius 2 is 1.86 bits per heavy atom. The Hall–Kier alpha value is -0.570. The molecule has 1 amide bonds. The molecule has 0 bridgehead atoms. The summed E-state index contributed by atoms with van der Waals surface area (Å²) in [5.74, 6) is 1.67. The van der Waals surface area contributed by atoms with Crippen molar-refractivity contribution < 1.29 is 4.79 Å². The van der Waals surface area contributed by atoms with E-state index in [9.17, 15) is 4.79 Å². The van der Waals surface area contributed by atoms with E-state index in [1.165, 1.54) is 38.5 Å². The third kappa shape index (κ3) is 4.70. The fraction of sp³-hybridized carbons (Fsp3) is 0.944. The first kappa shape index (κ1) is 16.8. The maximum Gasteiger partial charge on any atom is 0.236 e. The number of carbonyl (C=O) groups excluding carboxylic acids is 1. The lowest BCUT2D eigenvalue weighted by Crippen LogP contribution is -2.49. The van der Waals surface area contributed by atoms with Crippen LogP contribution < -0.4 is 5.32 Å². The van der Waals surface area contributed by atoms with Gasteiger partial charge in [0.25, 0.3) is 0 Å². The Kier molecular flexibility index (Phi) is 5.70. The molecule has 0 aromatic heterocycles. The van der Waals surface area contributed by atoms with Crippen molar-refractivity contribution in [3.05, 3.63) is 0 Å². The zero-order valence-electron chi connectivity index (χ0n) is 14.5. The summed E-state index contributed by atoms with van der Waals surface area (Å²) in [6.45, 7) is 11.7. The average molecular weight is 294 g/mol. The number of likely N-dealkylation sites (tertiary alicyclic amines) is 1. The molecular formula is C18H34N2O. The number of nitrogens with zero attached hydrogens (tertiary/aromatic N) is 1. The molecule has 21 heavy (non-hydrogen) atoms. The van der Waals surface area contributed by atoms with Gasteiger partial charge in [0.2, 0.25) is 5.91 Å². The van der Waals surface area contributed by atoms with E-state index in [2.05, 4.69) is 37.9 Å². The van der Waals surface area contributed by atoms with E-state index in [0.29, 0.717) is 35.7 Å². The van der Waals surface area contributed by atoms with Gasteiger partial charge in [0.05, 0.1) is 6.54 Å². The molecule has 2 aliphatic rings. The van der Waals surface area contributed by atoms with Crippen molar-refractivity contribution in [2.24, 2.45) is 17.3 Å². The molecule has 2 fully saturated rings. The van der Waals surface area contributed by atoms with Crippen LogP contribution in [0.4, 0.5) is 0 Å². The van der Waals surface area contributed by atoms with Gasteiger partial charge in [-0.2, -0.15) is 0 Å². The van der Waals surface area contributed by atoms with Gasteiger partial charge in [-0.15, -0.1) is 0 Å². The third-order valence-corrected chi connectivity index (χ3v) is 5.40. The average Bonchev–Trinajstić information content (AvgIpc) is 2.44. The van der Waals surface area contributed by atoms with Gasteiger partial charge < -0.3 is 10.2 Å². The molecule has 3 nitrogen and oxygen atoms in total. The number of amides is 1. The Morgan fingerprint density at radius 1 is 1.14 bits per heavy atom. The number of hydrogen-bond donors (Lipinski definition) is 1. The zero-order chi connectivity index (χ0) is 15.5. The molecular weight excluding hydrogens is 260 g/mol. The monoisotopic (exact) mass is 294 g/mol. The van der Waals surface area contributed by atoms with E-state index in [-0.39, 0.29) is 0 Å². The van der Waals surface area contributed by atoms with Crippen LogP contribution in [0.5, 0.6) is 0 Å². The quantitative estimate of drug-likeness (QED) is 0.865. The first-order valence-electron chi connectivity index (χ1n) is 8.89. The number of hydrogen-bond acceptors (Lipinski definition) is 2. The highest BCUT2D eigenvalue weighted by molar-refractivity contribution is 5.78. The Labute approximate surface area is 130 Å². The molecule has 0 spiro atoms. The fourth-order valence-electron chi connectivity index (χ4n) is 4.16. The third-order valence-electron chi connectivity index (χ3n) is 5.40. The summed E-state index contributed by atoms with van der Waals surface area (Å²) in [4.78, 5) is 14.5. The molecule has 122 valence electrons. The lowest BCUT2D eigenvalue weighted by molar-refractivity contribution is -0.132. The molecule has 1 saturated heterocycles. The van der Waals surface area contributed by atoms with Crippen molar-refractivity contribution in [1.29, 1.82) is 0 Å². The molecule has 3 atom stereocenters. The summed E-state index contributed by atoms with van der Waals surface area (Å²) in [5, 5.41) is 3.60. The highest BCUT2D eigenvalue weighted by atomic mass is 16.2. The molecule has 1 saturated carbocycles. The van der Waals surface area contributed by atoms with Crippen LogP contribution in [0.25, 0.3) is 0 Å². The van der Waals surface area contributed by atoms with Crippen molar-refractivity contribution in [1.82, 2.24) is 10.2 Å². The second kappa shape index (κ2) is 7.13. The molecule has 0 radical (unpaired) electrons. The molecule has 3 heteroatoms. The summed E-state index contributed by atoms with van der Waals surface area (Å²) in [7, 11) is 0. The highest BCUT2D eigenvalue weighted by Crippen LogP contribution is 2.37. The molecule has 1 N–H and O–H groups in total. The van der Waals surface area contributed by atoms with Crippen molar-refractivity contribution in [2.45, 2.75) is 72.3 Å². The van der Waals surface area contributed by atoms with Gasteiger partial charge in [0.1, 0.15) is 0 Å². The molecule has 0 aromatic rings. The minimum atomic E-state index is 0.305. The van der Waals surface area contributed by atoms with Crippen LogP contribution in [0.1, 0.15) is 66.2 Å². The zero-order valence-corrected chi connectivity index (χ0v) is 14.5. The van der Waals surface area contributed by atoms with Gasteiger partial charge in [0.15, 0.2) is 0 Å². The fourth-order valence-corrected chi connectivity index (χ4v) is 4.16. The summed E-state index contributed by atoms with van der Waals surface area (Å²) >= 11 is 0. The van der Waals surface area contributed by atoms with Crippen LogP contribution in [0.2, 0.25) is 0 Å². The number of piperidine rings is 1. The normalized spacial score (nSPS) is 31.2. The van der Waals surface area contributed by atoms with Gasteiger partial charge in [0, 0.05) is 19.1 Å². The van der Waals surface area contributed by atoms with Gasteiger partial charge in [-0.3, -0.25) is 4.79 Å². The van der Waals surface area contributed by atoms with Gasteiger partial charge in [-0.25, -0.2) is 0 Å². The second-order valence-electron chi connectivity index (χ2n) is 8.33. The minimum absolute atomic E-state index is 0.305. The van der Waals surface area contributed by atoms with Gasteiger partial charge in [-0.05, 0) is 42.9 Å². The largest absolute Gasteiger partial charge is 0.341 e. The predicted octanol–water partition coefficient (Wildman–Crippen LogP) is 3.44. The lowest BCUT2D eigenvalue weighted by Gasteiger charge is -2.41. The van der Waals surface area contributed by atoms with Crippen LogP contribution in [0.15, 0.2) is 0 Å². The Morgan fingerprint density at radius 3 is 2.52 bits per heavy atom. The minimum Gasteiger partial charge on any atom is -0.341 e. The number of nitrogens with one attached hydrogen (secondary N) is 1. The van der Waals surface area contributed by atoms with Crippen LogP contribution >= 0.6 is 0 Å². The maximum atomic E-state index is 12.4. The standard InChI is InChI=1S/C18H34N2O/c1-14-8-7-11-20(13-14)17(21)12-19-16-10-6-5-9-15(16)18(2,3)4/h14-16,19H,5-13H2,1-4H3/t14-,15-,16-/m1/s1. The molecule has 0 aromatic carbocycles. The number of rotatable bonds is 3. The molecule has 0 unspecified atom stereocenters. The van der Waals surface area contributed by atoms with Crippen LogP contribution in [0, 0.1) is 17.3 Å². The van der Waals surface area contributed by atoms with Crippen LogP contribution in [-0.4, -0.2) is 36.5 Å². The predicted molar refractivity (Wildman–Crippen MR) is 88.2 cm³/mol. The Balaban J connectivity index is 1.84. The highest BCUT2D eigenvalue weighted by Gasteiger charge is 2.34. The van der Waals surface area contributed by atoms with Crippen LogP contribution in [0.3, 0.4) is 0 Å². The summed E-state index contributed by atoms with van der Waals surface area (Å²) in [6.07, 6.45) is 7.62. The SMILES string of the molecule is C[C@@H]1CCCN(C(=O)CN[C@@H]2CCCC[C@H]2C(C)(C)C)C1. The van der Waals surface area contributed by atoms with E-state index in [4.69, 9.17) is 0 Å². The summed E-state index contributed by atoms with van der Waals surface area (Å²) < 4.78 is 0. The van der Waals surface area contributed by atoms with Crippen LogP contribution in [-0.2, 0) is 4.79 Å². The van der Waals surface area contributed by atoms with Crippen molar-refractivity contribution in [3.63, 3.8) is 0 Å². The van der Waals surface area contributed by atoms with Crippen molar-refractivity contribution >= 4 is 5.91 Å². The lowest BCUT2D eigenvalue weighted by atomic mass is 9.69. The van der Waals surface area contributed by atoms with Crippen molar-refractivity contribution in [3.8, 4) is 0 Å². The first-order chi connectivity index (χ1) is 9.88. The van der Waals surface area contributed by atoms with E-state index in [1.807, 2.05) is 0 Å². The molecule has 1 aliphatic carbocycles. The van der Waals surface area contributed by atoms with Crippen molar-refractivity contribution in [2.75, 3.05) is 19.6 Å². The second-order valence-corrected chi connectivity index (χ2v) is 8.33. The summed E-state index contributed by atoms with van der Waals surface area (Å²) in [6, 6.07) is 0.518. The van der Waals surface area contributed by atoms with E-state index in [1.54, 1.807) is 0 Å². The number of carbonyl (C=O) groups is 1. The van der Waals surface area contributed by atoms with Gasteiger partial charge in [-0.1, -0.05) is 40.5 Å². The van der Waals surface area contributed by atoms with E-state index >= 15 is 0 Å². The smallest absolute Gasteiger partial charge is 0.236 e.